The number of nitrogen functional groups attached to an aromatic ring is 1. The van der Waals surface area contributed by atoms with E-state index < -0.39 is 0 Å². The number of hydrogen-bond acceptors (Lipinski definition) is 7. The number of thioether (sulfide) groups is 1. The predicted molar refractivity (Wildman–Crippen MR) is 136 cm³/mol. The fourth-order valence-corrected chi connectivity index (χ4v) is 4.87. The predicted octanol–water partition coefficient (Wildman–Crippen LogP) is 5.15. The molecule has 0 unspecified atom stereocenters. The van der Waals surface area contributed by atoms with E-state index in [0.29, 0.717) is 12.4 Å². The minimum Gasteiger partial charge on any atom is -0.384 e. The number of nitrogens with one attached hydrogen (secondary N) is 1. The zero-order chi connectivity index (χ0) is 22.3. The van der Waals surface area contributed by atoms with E-state index >= 15 is 0 Å². The monoisotopic (exact) mass is 467 g/mol. The average Bonchev–Trinajstić information content (AvgIpc) is 3.19. The Balaban J connectivity index is 1.44. The lowest BCUT2D eigenvalue weighted by atomic mass is 10.2. The summed E-state index contributed by atoms with van der Waals surface area (Å²) >= 11 is 3.45. The first kappa shape index (κ1) is 22.9. The number of methoxy groups -OCH3 is 1. The normalized spacial score (nSPS) is 11.6. The van der Waals surface area contributed by atoms with Gasteiger partial charge in [0.1, 0.15) is 11.3 Å². The quantitative estimate of drug-likeness (QED) is 0.179. The molecule has 168 valence electrons. The van der Waals surface area contributed by atoms with Gasteiger partial charge in [0.05, 0.1) is 17.6 Å². The Labute approximate surface area is 197 Å². The number of nitrogens with two attached hydrogens (primary N) is 1. The van der Waals surface area contributed by atoms with Crippen LogP contribution in [0.5, 0.6) is 0 Å². The Hall–Kier alpha value is -2.26. The minimum absolute atomic E-state index is 0.488. The number of para-hydroxylation sites is 1. The standard InChI is InChI=1S/C24H29N5OS2/c1-30-16-13-21-28-22-23(19-7-3-4-8-20(19)27-24(22)25)29(21)15-6-5-14-26-32-18-11-9-17(31-2)10-12-18/h3-4,7-12,26H,5-6,13-16H2,1-2H3,(H2,25,27). The van der Waals surface area contributed by atoms with Crippen LogP contribution in [0, 0.1) is 0 Å². The lowest BCUT2D eigenvalue weighted by Gasteiger charge is -2.11. The summed E-state index contributed by atoms with van der Waals surface area (Å²) < 4.78 is 11.1. The van der Waals surface area contributed by atoms with Crippen LogP contribution in [0.3, 0.4) is 0 Å². The first-order chi connectivity index (χ1) is 15.7. The van der Waals surface area contributed by atoms with Crippen molar-refractivity contribution < 1.29 is 4.74 Å². The molecule has 0 amide bonds. The van der Waals surface area contributed by atoms with Crippen LogP contribution in [0.1, 0.15) is 18.7 Å². The van der Waals surface area contributed by atoms with Crippen LogP contribution in [-0.4, -0.2) is 41.1 Å². The van der Waals surface area contributed by atoms with Gasteiger partial charge >= 0.3 is 0 Å². The summed E-state index contributed by atoms with van der Waals surface area (Å²) in [7, 11) is 1.72. The van der Waals surface area contributed by atoms with Gasteiger partial charge in [0, 0.05) is 41.8 Å². The lowest BCUT2D eigenvalue weighted by molar-refractivity contribution is 0.199. The molecule has 0 saturated heterocycles. The number of hydrogen-bond donors (Lipinski definition) is 2. The van der Waals surface area contributed by atoms with Crippen LogP contribution in [0.2, 0.25) is 0 Å². The molecule has 0 aliphatic carbocycles. The summed E-state index contributed by atoms with van der Waals surface area (Å²) in [6.45, 7) is 2.46. The van der Waals surface area contributed by atoms with Crippen molar-refractivity contribution in [3.8, 4) is 0 Å². The van der Waals surface area contributed by atoms with E-state index in [0.717, 1.165) is 60.1 Å². The summed E-state index contributed by atoms with van der Waals surface area (Å²) in [4.78, 5) is 11.9. The Morgan fingerprint density at radius 3 is 2.59 bits per heavy atom. The second-order valence-corrected chi connectivity index (χ2v) is 9.36. The number of anilines is 1. The van der Waals surface area contributed by atoms with Gasteiger partial charge in [-0.2, -0.15) is 0 Å². The van der Waals surface area contributed by atoms with Crippen molar-refractivity contribution >= 4 is 51.5 Å². The van der Waals surface area contributed by atoms with Gasteiger partial charge in [-0.3, -0.25) is 4.72 Å². The third kappa shape index (κ3) is 5.20. The van der Waals surface area contributed by atoms with Gasteiger partial charge in [0.25, 0.3) is 0 Å². The second kappa shape index (κ2) is 11.0. The van der Waals surface area contributed by atoms with E-state index in [1.165, 1.54) is 9.79 Å². The first-order valence-electron chi connectivity index (χ1n) is 10.8. The van der Waals surface area contributed by atoms with Crippen molar-refractivity contribution in [3.63, 3.8) is 0 Å². The van der Waals surface area contributed by atoms with Crippen molar-refractivity contribution in [2.75, 3.05) is 32.3 Å². The fourth-order valence-electron chi connectivity index (χ4n) is 3.78. The van der Waals surface area contributed by atoms with E-state index in [-0.39, 0.29) is 0 Å². The number of aryl methyl sites for hydroxylation is 1. The summed E-state index contributed by atoms with van der Waals surface area (Å²) in [6.07, 6.45) is 4.95. The maximum Gasteiger partial charge on any atom is 0.152 e. The Bertz CT molecular complexity index is 1180. The van der Waals surface area contributed by atoms with Crippen molar-refractivity contribution in [2.24, 2.45) is 0 Å². The number of rotatable bonds is 11. The van der Waals surface area contributed by atoms with E-state index in [2.05, 4.69) is 50.9 Å². The lowest BCUT2D eigenvalue weighted by Crippen LogP contribution is -2.10. The molecular weight excluding hydrogens is 438 g/mol. The molecule has 8 heteroatoms. The molecule has 2 aromatic carbocycles. The highest BCUT2D eigenvalue weighted by atomic mass is 32.2. The van der Waals surface area contributed by atoms with Gasteiger partial charge in [0.15, 0.2) is 5.82 Å². The van der Waals surface area contributed by atoms with E-state index in [1.807, 2.05) is 18.2 Å². The number of aromatic nitrogens is 3. The van der Waals surface area contributed by atoms with Crippen molar-refractivity contribution in [1.29, 1.82) is 0 Å². The molecule has 2 heterocycles. The zero-order valence-corrected chi connectivity index (χ0v) is 20.1. The van der Waals surface area contributed by atoms with Gasteiger partial charge in [-0.25, -0.2) is 9.97 Å². The highest BCUT2D eigenvalue weighted by Gasteiger charge is 2.16. The largest absolute Gasteiger partial charge is 0.384 e. The van der Waals surface area contributed by atoms with E-state index in [9.17, 15) is 0 Å². The maximum atomic E-state index is 6.27. The average molecular weight is 468 g/mol. The molecule has 6 nitrogen and oxygen atoms in total. The van der Waals surface area contributed by atoms with Crippen LogP contribution in [0.25, 0.3) is 21.9 Å². The zero-order valence-electron chi connectivity index (χ0n) is 18.5. The van der Waals surface area contributed by atoms with Gasteiger partial charge in [-0.1, -0.05) is 18.2 Å². The van der Waals surface area contributed by atoms with E-state index in [1.54, 1.807) is 30.8 Å². The van der Waals surface area contributed by atoms with E-state index in [4.69, 9.17) is 15.5 Å². The summed E-state index contributed by atoms with van der Waals surface area (Å²) in [6, 6.07) is 16.8. The Morgan fingerprint density at radius 2 is 1.81 bits per heavy atom. The summed E-state index contributed by atoms with van der Waals surface area (Å²) in [5.74, 6) is 1.49. The molecule has 0 aliphatic heterocycles. The molecule has 2 aromatic heterocycles. The molecule has 3 N–H and O–H groups in total. The number of pyridine rings is 1. The van der Waals surface area contributed by atoms with Gasteiger partial charge in [-0.05, 0) is 61.4 Å². The molecule has 0 aliphatic rings. The van der Waals surface area contributed by atoms with Crippen LogP contribution < -0.4 is 10.5 Å². The number of ether oxygens (including phenoxy) is 1. The van der Waals surface area contributed by atoms with Crippen molar-refractivity contribution in [1.82, 2.24) is 19.3 Å². The van der Waals surface area contributed by atoms with Crippen LogP contribution in [0.15, 0.2) is 58.3 Å². The Kier molecular flexibility index (Phi) is 7.91. The molecule has 0 fully saturated rings. The minimum atomic E-state index is 0.488. The number of fused-ring (bicyclic) bond motifs is 3. The smallest absolute Gasteiger partial charge is 0.152 e. The molecular formula is C24H29N5OS2. The number of nitrogens with zero attached hydrogens (tertiary/aromatic N) is 3. The third-order valence-electron chi connectivity index (χ3n) is 5.38. The summed E-state index contributed by atoms with van der Waals surface area (Å²) in [5, 5.41) is 1.09. The summed E-state index contributed by atoms with van der Waals surface area (Å²) in [5.41, 5.74) is 9.04. The van der Waals surface area contributed by atoms with Crippen molar-refractivity contribution in [3.05, 3.63) is 54.4 Å². The highest BCUT2D eigenvalue weighted by Crippen LogP contribution is 2.29. The molecule has 0 saturated carbocycles. The number of benzene rings is 2. The molecule has 4 rings (SSSR count). The first-order valence-corrected chi connectivity index (χ1v) is 12.8. The van der Waals surface area contributed by atoms with Gasteiger partial charge in [-0.15, -0.1) is 11.8 Å². The molecule has 0 radical (unpaired) electrons. The van der Waals surface area contributed by atoms with Gasteiger partial charge in [0.2, 0.25) is 0 Å². The second-order valence-electron chi connectivity index (χ2n) is 7.51. The van der Waals surface area contributed by atoms with Crippen molar-refractivity contribution in [2.45, 2.75) is 35.6 Å². The molecule has 0 spiro atoms. The fraction of sp³-hybridized carbons (Fsp3) is 0.333. The molecule has 32 heavy (non-hydrogen) atoms. The highest BCUT2D eigenvalue weighted by molar-refractivity contribution is 7.98. The van der Waals surface area contributed by atoms with Crippen LogP contribution in [0.4, 0.5) is 5.82 Å². The SMILES string of the molecule is COCCc1nc2c(N)nc3ccccc3c2n1CCCCNSc1ccc(SC)cc1. The molecule has 0 atom stereocenters. The van der Waals surface area contributed by atoms with Crippen LogP contribution >= 0.6 is 23.7 Å². The third-order valence-corrected chi connectivity index (χ3v) is 6.98. The number of unbranched alkanes of at least 4 members (excludes halogenated alkanes) is 1. The number of imidazole rings is 1. The maximum absolute atomic E-state index is 6.27. The topological polar surface area (TPSA) is 78.0 Å². The Morgan fingerprint density at radius 1 is 1.03 bits per heavy atom. The molecule has 0 bridgehead atoms. The van der Waals surface area contributed by atoms with Crippen LogP contribution in [-0.2, 0) is 17.7 Å². The molecule has 4 aromatic rings. The van der Waals surface area contributed by atoms with Gasteiger partial charge < -0.3 is 15.0 Å².